The van der Waals surface area contributed by atoms with Gasteiger partial charge >= 0.3 is 0 Å². The highest BCUT2D eigenvalue weighted by Crippen LogP contribution is 2.19. The van der Waals surface area contributed by atoms with Gasteiger partial charge in [0.15, 0.2) is 0 Å². The molecule has 0 fully saturated rings. The van der Waals surface area contributed by atoms with Gasteiger partial charge in [0, 0.05) is 0 Å². The normalized spacial score (nSPS) is 10.6. The molecule has 4 nitrogen and oxygen atoms in total. The van der Waals surface area contributed by atoms with Crippen molar-refractivity contribution < 1.29 is 4.79 Å². The van der Waals surface area contributed by atoms with Crippen molar-refractivity contribution in [1.82, 2.24) is 5.43 Å². The summed E-state index contributed by atoms with van der Waals surface area (Å²) >= 11 is 5.99. The van der Waals surface area contributed by atoms with Crippen LogP contribution >= 0.6 is 11.6 Å². The SMILES string of the molecule is Cc1ccccc1/C=N/NC(=O)CNc1ccccc1Cl. The minimum atomic E-state index is -0.236. The van der Waals surface area contributed by atoms with Gasteiger partial charge in [-0.3, -0.25) is 4.79 Å². The molecule has 0 heterocycles. The van der Waals surface area contributed by atoms with E-state index in [2.05, 4.69) is 15.8 Å². The summed E-state index contributed by atoms with van der Waals surface area (Å²) in [5, 5.41) is 7.47. The zero-order valence-corrected chi connectivity index (χ0v) is 12.4. The number of nitrogens with zero attached hydrogens (tertiary/aromatic N) is 1. The van der Waals surface area contributed by atoms with Gasteiger partial charge < -0.3 is 5.32 Å². The second-order valence-corrected chi connectivity index (χ2v) is 4.89. The smallest absolute Gasteiger partial charge is 0.259 e. The third-order valence-electron chi connectivity index (χ3n) is 2.89. The zero-order chi connectivity index (χ0) is 15.1. The maximum Gasteiger partial charge on any atom is 0.259 e. The van der Waals surface area contributed by atoms with Gasteiger partial charge in [0.1, 0.15) is 0 Å². The van der Waals surface area contributed by atoms with E-state index in [0.717, 1.165) is 16.8 Å². The van der Waals surface area contributed by atoms with Crippen molar-refractivity contribution in [3.8, 4) is 0 Å². The van der Waals surface area contributed by atoms with Gasteiger partial charge in [-0.15, -0.1) is 0 Å². The highest BCUT2D eigenvalue weighted by Gasteiger charge is 2.02. The van der Waals surface area contributed by atoms with Crippen molar-refractivity contribution in [2.75, 3.05) is 11.9 Å². The van der Waals surface area contributed by atoms with Gasteiger partial charge in [-0.25, -0.2) is 5.43 Å². The summed E-state index contributed by atoms with van der Waals surface area (Å²) in [6.45, 7) is 2.09. The number of carbonyl (C=O) groups excluding carboxylic acids is 1. The van der Waals surface area contributed by atoms with E-state index in [4.69, 9.17) is 11.6 Å². The number of aryl methyl sites for hydroxylation is 1. The molecule has 0 unspecified atom stereocenters. The van der Waals surface area contributed by atoms with E-state index in [1.165, 1.54) is 0 Å². The molecule has 0 saturated heterocycles. The van der Waals surface area contributed by atoms with Crippen LogP contribution in [0.15, 0.2) is 53.6 Å². The molecule has 1 amide bonds. The monoisotopic (exact) mass is 301 g/mol. The summed E-state index contributed by atoms with van der Waals surface area (Å²) in [6, 6.07) is 15.1. The Hall–Kier alpha value is -2.33. The number of hydrogen-bond acceptors (Lipinski definition) is 3. The van der Waals surface area contributed by atoms with Gasteiger partial charge in [0.05, 0.1) is 23.5 Å². The summed E-state index contributed by atoms with van der Waals surface area (Å²) in [6.07, 6.45) is 1.63. The van der Waals surface area contributed by atoms with E-state index in [-0.39, 0.29) is 12.5 Å². The average Bonchev–Trinajstić information content (AvgIpc) is 2.48. The first-order valence-corrected chi connectivity index (χ1v) is 6.90. The highest BCUT2D eigenvalue weighted by molar-refractivity contribution is 6.33. The van der Waals surface area contributed by atoms with Gasteiger partial charge in [-0.1, -0.05) is 48.0 Å². The number of para-hydroxylation sites is 1. The number of amides is 1. The molecule has 0 spiro atoms. The summed E-state index contributed by atoms with van der Waals surface area (Å²) in [7, 11) is 0. The van der Waals surface area contributed by atoms with Crippen molar-refractivity contribution >= 4 is 29.4 Å². The number of rotatable bonds is 5. The molecule has 0 radical (unpaired) electrons. The lowest BCUT2D eigenvalue weighted by Crippen LogP contribution is -2.26. The zero-order valence-electron chi connectivity index (χ0n) is 11.6. The van der Waals surface area contributed by atoms with Crippen LogP contribution in [0.4, 0.5) is 5.69 Å². The Morgan fingerprint density at radius 1 is 1.19 bits per heavy atom. The van der Waals surface area contributed by atoms with Gasteiger partial charge in [-0.05, 0) is 30.2 Å². The Kier molecular flexibility index (Phi) is 5.35. The van der Waals surface area contributed by atoms with E-state index >= 15 is 0 Å². The lowest BCUT2D eigenvalue weighted by atomic mass is 10.1. The molecule has 21 heavy (non-hydrogen) atoms. The lowest BCUT2D eigenvalue weighted by Gasteiger charge is -2.06. The number of halogens is 1. The van der Waals surface area contributed by atoms with Gasteiger partial charge in [-0.2, -0.15) is 5.10 Å². The van der Waals surface area contributed by atoms with E-state index in [9.17, 15) is 4.79 Å². The van der Waals surface area contributed by atoms with Crippen molar-refractivity contribution in [3.63, 3.8) is 0 Å². The molecule has 2 N–H and O–H groups in total. The summed E-state index contributed by atoms with van der Waals surface area (Å²) in [4.78, 5) is 11.7. The predicted octanol–water partition coefficient (Wildman–Crippen LogP) is 3.21. The maximum absolute atomic E-state index is 11.7. The van der Waals surface area contributed by atoms with E-state index in [1.807, 2.05) is 49.4 Å². The van der Waals surface area contributed by atoms with Crippen LogP contribution in [0.25, 0.3) is 0 Å². The maximum atomic E-state index is 11.7. The van der Waals surface area contributed by atoms with Crippen LogP contribution in [0.3, 0.4) is 0 Å². The van der Waals surface area contributed by atoms with Crippen LogP contribution in [0.5, 0.6) is 0 Å². The first-order chi connectivity index (χ1) is 10.2. The van der Waals surface area contributed by atoms with Crippen molar-refractivity contribution in [3.05, 3.63) is 64.7 Å². The fraction of sp³-hybridized carbons (Fsp3) is 0.125. The molecular weight excluding hydrogens is 286 g/mol. The van der Waals surface area contributed by atoms with Crippen molar-refractivity contribution in [2.45, 2.75) is 6.92 Å². The number of nitrogens with one attached hydrogen (secondary N) is 2. The summed E-state index contributed by atoms with van der Waals surface area (Å²) < 4.78 is 0. The molecular formula is C16H16ClN3O. The van der Waals surface area contributed by atoms with E-state index < -0.39 is 0 Å². The summed E-state index contributed by atoms with van der Waals surface area (Å²) in [5.74, 6) is -0.236. The molecule has 2 aromatic rings. The average molecular weight is 302 g/mol. The number of anilines is 1. The number of hydrogen-bond donors (Lipinski definition) is 2. The largest absolute Gasteiger partial charge is 0.375 e. The first kappa shape index (κ1) is 15.1. The molecule has 108 valence electrons. The fourth-order valence-electron chi connectivity index (χ4n) is 1.73. The molecule has 0 aliphatic carbocycles. The number of carbonyl (C=O) groups is 1. The number of benzene rings is 2. The van der Waals surface area contributed by atoms with Crippen molar-refractivity contribution in [2.24, 2.45) is 5.10 Å². The Labute approximate surface area is 128 Å². The molecule has 2 aromatic carbocycles. The van der Waals surface area contributed by atoms with Crippen LogP contribution in [-0.4, -0.2) is 18.7 Å². The topological polar surface area (TPSA) is 53.5 Å². The van der Waals surface area contributed by atoms with Crippen LogP contribution in [0.2, 0.25) is 5.02 Å². The van der Waals surface area contributed by atoms with E-state index in [1.54, 1.807) is 12.3 Å². The molecule has 0 atom stereocenters. The third-order valence-corrected chi connectivity index (χ3v) is 3.22. The minimum absolute atomic E-state index is 0.106. The molecule has 0 aliphatic heterocycles. The molecule has 0 aromatic heterocycles. The molecule has 0 saturated carbocycles. The molecule has 0 aliphatic rings. The van der Waals surface area contributed by atoms with E-state index in [0.29, 0.717) is 5.02 Å². The third kappa shape index (κ3) is 4.61. The van der Waals surface area contributed by atoms with Crippen LogP contribution in [0, 0.1) is 6.92 Å². The van der Waals surface area contributed by atoms with Crippen LogP contribution in [0.1, 0.15) is 11.1 Å². The Morgan fingerprint density at radius 2 is 1.90 bits per heavy atom. The second kappa shape index (κ2) is 7.45. The predicted molar refractivity (Wildman–Crippen MR) is 86.9 cm³/mol. The first-order valence-electron chi connectivity index (χ1n) is 6.53. The quantitative estimate of drug-likeness (QED) is 0.658. The second-order valence-electron chi connectivity index (χ2n) is 4.48. The Balaban J connectivity index is 1.83. The minimum Gasteiger partial charge on any atom is -0.375 e. The fourth-order valence-corrected chi connectivity index (χ4v) is 1.93. The van der Waals surface area contributed by atoms with Crippen LogP contribution in [-0.2, 0) is 4.79 Å². The molecule has 0 bridgehead atoms. The standard InChI is InChI=1S/C16H16ClN3O/c1-12-6-2-3-7-13(12)10-19-20-16(21)11-18-15-9-5-4-8-14(15)17/h2-10,18H,11H2,1H3,(H,20,21)/b19-10+. The van der Waals surface area contributed by atoms with Crippen molar-refractivity contribution in [1.29, 1.82) is 0 Å². The Bertz CT molecular complexity index is 655. The lowest BCUT2D eigenvalue weighted by molar-refractivity contribution is -0.119. The molecule has 5 heteroatoms. The van der Waals surface area contributed by atoms with Gasteiger partial charge in [0.25, 0.3) is 5.91 Å². The Morgan fingerprint density at radius 3 is 2.67 bits per heavy atom. The summed E-state index contributed by atoms with van der Waals surface area (Å²) in [5.41, 5.74) is 5.26. The van der Waals surface area contributed by atoms with Gasteiger partial charge in [0.2, 0.25) is 0 Å². The molecule has 2 rings (SSSR count). The van der Waals surface area contributed by atoms with Crippen LogP contribution < -0.4 is 10.7 Å². The number of hydrazone groups is 1. The highest BCUT2D eigenvalue weighted by atomic mass is 35.5.